The number of hydrogen-bond donors (Lipinski definition) is 0. The minimum atomic E-state index is 1.27. The van der Waals surface area contributed by atoms with Crippen LogP contribution in [0, 0.1) is 13.8 Å². The van der Waals surface area contributed by atoms with E-state index in [0.29, 0.717) is 0 Å². The van der Waals surface area contributed by atoms with Crippen LogP contribution in [0.2, 0.25) is 0 Å². The van der Waals surface area contributed by atoms with Gasteiger partial charge in [-0.15, -0.1) is 0 Å². The van der Waals surface area contributed by atoms with Crippen molar-refractivity contribution >= 4 is 76.2 Å². The fraction of sp³-hybridized carbons (Fsp3) is 0.0455. The molecule has 0 N–H and O–H groups in total. The molecular formula is C44H28N2. The van der Waals surface area contributed by atoms with Gasteiger partial charge in [-0.3, -0.25) is 0 Å². The summed E-state index contributed by atoms with van der Waals surface area (Å²) in [5.74, 6) is 0. The van der Waals surface area contributed by atoms with Gasteiger partial charge in [0.05, 0.1) is 33.1 Å². The third-order valence-electron chi connectivity index (χ3n) is 10.6. The lowest BCUT2D eigenvalue weighted by atomic mass is 9.94. The zero-order chi connectivity index (χ0) is 30.3. The molecule has 0 spiro atoms. The lowest BCUT2D eigenvalue weighted by Gasteiger charge is -2.08. The van der Waals surface area contributed by atoms with Crippen LogP contribution in [0.15, 0.2) is 133 Å². The first-order valence-corrected chi connectivity index (χ1v) is 16.1. The monoisotopic (exact) mass is 584 g/mol. The Morgan fingerprint density at radius 1 is 0.348 bits per heavy atom. The smallest absolute Gasteiger partial charge is 0.0634 e. The van der Waals surface area contributed by atoms with Crippen LogP contribution in [0.25, 0.3) is 98.4 Å². The lowest BCUT2D eigenvalue weighted by Crippen LogP contribution is -1.84. The number of aryl methyl sites for hydroxylation is 2. The molecule has 46 heavy (non-hydrogen) atoms. The molecule has 2 heteroatoms. The summed E-state index contributed by atoms with van der Waals surface area (Å²) in [6, 6.07) is 49.7. The van der Waals surface area contributed by atoms with Crippen molar-refractivity contribution in [2.45, 2.75) is 13.8 Å². The zero-order valence-corrected chi connectivity index (χ0v) is 25.6. The summed E-state index contributed by atoms with van der Waals surface area (Å²) < 4.78 is 5.09. The minimum Gasteiger partial charge on any atom is -0.308 e. The van der Waals surface area contributed by atoms with Gasteiger partial charge in [-0.05, 0) is 83.6 Å². The maximum absolute atomic E-state index is 2.54. The second-order valence-corrected chi connectivity index (χ2v) is 13.0. The van der Waals surface area contributed by atoms with Gasteiger partial charge in [0.25, 0.3) is 0 Å². The van der Waals surface area contributed by atoms with Crippen LogP contribution >= 0.6 is 0 Å². The molecule has 7 aromatic carbocycles. The molecule has 0 aliphatic heterocycles. The van der Waals surface area contributed by atoms with Crippen LogP contribution in [0.3, 0.4) is 0 Å². The molecule has 0 saturated heterocycles. The highest BCUT2D eigenvalue weighted by Crippen LogP contribution is 2.52. The third kappa shape index (κ3) is 2.84. The van der Waals surface area contributed by atoms with Gasteiger partial charge >= 0.3 is 0 Å². The van der Waals surface area contributed by atoms with Crippen molar-refractivity contribution in [1.82, 2.24) is 8.80 Å². The lowest BCUT2D eigenvalue weighted by molar-refractivity contribution is 1.37. The number of benzene rings is 7. The van der Waals surface area contributed by atoms with Crippen molar-refractivity contribution < 1.29 is 0 Å². The van der Waals surface area contributed by atoms with Crippen LogP contribution in [0.4, 0.5) is 0 Å². The second kappa shape index (κ2) is 8.44. The number of para-hydroxylation sites is 2. The molecule has 0 radical (unpaired) electrons. The van der Waals surface area contributed by atoms with E-state index in [9.17, 15) is 0 Å². The Morgan fingerprint density at radius 2 is 0.717 bits per heavy atom. The predicted molar refractivity (Wildman–Crippen MR) is 196 cm³/mol. The maximum atomic E-state index is 2.54. The molecule has 0 unspecified atom stereocenters. The Hall–Kier alpha value is -5.86. The molecule has 214 valence electrons. The summed E-state index contributed by atoms with van der Waals surface area (Å²) in [4.78, 5) is 0. The van der Waals surface area contributed by atoms with Gasteiger partial charge < -0.3 is 8.80 Å². The molecule has 0 aliphatic carbocycles. The van der Waals surface area contributed by atoms with Crippen molar-refractivity contribution in [3.05, 3.63) is 145 Å². The molecule has 0 atom stereocenters. The van der Waals surface area contributed by atoms with Gasteiger partial charge in [0, 0.05) is 43.1 Å². The third-order valence-corrected chi connectivity index (χ3v) is 10.6. The highest BCUT2D eigenvalue weighted by Gasteiger charge is 2.28. The van der Waals surface area contributed by atoms with Crippen LogP contribution in [-0.4, -0.2) is 8.80 Å². The zero-order valence-electron chi connectivity index (χ0n) is 25.6. The summed E-state index contributed by atoms with van der Waals surface area (Å²) in [7, 11) is 0. The average molecular weight is 585 g/mol. The number of aromatic nitrogens is 2. The summed E-state index contributed by atoms with van der Waals surface area (Å²) in [6.07, 6.45) is 0. The van der Waals surface area contributed by atoms with E-state index >= 15 is 0 Å². The average Bonchev–Trinajstić information content (AvgIpc) is 3.81. The van der Waals surface area contributed by atoms with Gasteiger partial charge in [0.15, 0.2) is 0 Å². The van der Waals surface area contributed by atoms with E-state index in [1.165, 1.54) is 110 Å². The summed E-state index contributed by atoms with van der Waals surface area (Å²) in [6.45, 7) is 4.42. The Morgan fingerprint density at radius 3 is 1.17 bits per heavy atom. The largest absolute Gasteiger partial charge is 0.308 e. The van der Waals surface area contributed by atoms with Crippen LogP contribution < -0.4 is 0 Å². The van der Waals surface area contributed by atoms with Gasteiger partial charge in [0.2, 0.25) is 0 Å². The fourth-order valence-corrected chi connectivity index (χ4v) is 8.71. The molecule has 4 aromatic heterocycles. The Labute approximate surface area is 265 Å². The van der Waals surface area contributed by atoms with Crippen LogP contribution in [0.1, 0.15) is 11.1 Å². The molecule has 0 saturated carbocycles. The second-order valence-electron chi connectivity index (χ2n) is 13.0. The topological polar surface area (TPSA) is 8.82 Å². The minimum absolute atomic E-state index is 1.27. The van der Waals surface area contributed by atoms with E-state index < -0.39 is 0 Å². The van der Waals surface area contributed by atoms with Crippen LogP contribution in [-0.2, 0) is 0 Å². The molecule has 0 fully saturated rings. The predicted octanol–water partition coefficient (Wildman–Crippen LogP) is 11.9. The molecule has 2 nitrogen and oxygen atoms in total. The van der Waals surface area contributed by atoms with Crippen molar-refractivity contribution in [3.8, 4) is 22.3 Å². The Balaban J connectivity index is 1.43. The molecule has 11 rings (SSSR count). The SMILES string of the molecule is Cc1ccccc1-c1ccc2c(c1)c1c3c4ccccc4n4c5ccc(-c6ccccc6C)cc5c(c5c6ccccc6n2c51)c34. The van der Waals surface area contributed by atoms with Crippen LogP contribution in [0.5, 0.6) is 0 Å². The standard InChI is InChI=1S/C44H28N2/c1-25-11-3-5-13-29(25)27-19-21-37-33(23-27)41-39-31-15-7-10-18-36(31)46-38-22-20-28(30-14-6-4-12-26(30)2)24-34(38)42(44(39)46)40-32-16-8-9-17-35(32)45(37)43(40)41/h3-24H,1-2H3. The highest BCUT2D eigenvalue weighted by molar-refractivity contribution is 6.45. The van der Waals surface area contributed by atoms with E-state index in [1.54, 1.807) is 0 Å². The van der Waals surface area contributed by atoms with E-state index in [4.69, 9.17) is 0 Å². The summed E-state index contributed by atoms with van der Waals surface area (Å²) in [5.41, 5.74) is 15.4. The first kappa shape index (κ1) is 24.5. The molecule has 0 bridgehead atoms. The van der Waals surface area contributed by atoms with E-state index in [1.807, 2.05) is 0 Å². The summed E-state index contributed by atoms with van der Waals surface area (Å²) in [5, 5.41) is 10.7. The number of nitrogens with zero attached hydrogens (tertiary/aromatic N) is 2. The van der Waals surface area contributed by atoms with E-state index in [0.717, 1.165) is 0 Å². The number of fused-ring (bicyclic) bond motifs is 14. The highest BCUT2D eigenvalue weighted by atomic mass is 14.9. The van der Waals surface area contributed by atoms with Gasteiger partial charge in [0.1, 0.15) is 0 Å². The fourth-order valence-electron chi connectivity index (χ4n) is 8.71. The quantitative estimate of drug-likeness (QED) is 0.191. The first-order chi connectivity index (χ1) is 22.7. The van der Waals surface area contributed by atoms with Crippen molar-refractivity contribution in [1.29, 1.82) is 0 Å². The van der Waals surface area contributed by atoms with Crippen molar-refractivity contribution in [2.24, 2.45) is 0 Å². The Bertz CT molecular complexity index is 2830. The number of rotatable bonds is 2. The van der Waals surface area contributed by atoms with Crippen molar-refractivity contribution in [3.63, 3.8) is 0 Å². The maximum Gasteiger partial charge on any atom is 0.0634 e. The van der Waals surface area contributed by atoms with Gasteiger partial charge in [-0.2, -0.15) is 0 Å². The normalized spacial score (nSPS) is 12.6. The first-order valence-electron chi connectivity index (χ1n) is 16.1. The van der Waals surface area contributed by atoms with Gasteiger partial charge in [-0.25, -0.2) is 0 Å². The molecule has 0 aliphatic rings. The molecule has 4 heterocycles. The van der Waals surface area contributed by atoms with E-state index in [-0.39, 0.29) is 0 Å². The molecular weight excluding hydrogens is 556 g/mol. The molecule has 11 aromatic rings. The van der Waals surface area contributed by atoms with E-state index in [2.05, 4.69) is 156 Å². The number of hydrogen-bond acceptors (Lipinski definition) is 0. The van der Waals surface area contributed by atoms with Gasteiger partial charge in [-0.1, -0.05) is 97.1 Å². The molecule has 0 amide bonds. The summed E-state index contributed by atoms with van der Waals surface area (Å²) >= 11 is 0. The Kier molecular flexibility index (Phi) is 4.49. The van der Waals surface area contributed by atoms with Crippen molar-refractivity contribution in [2.75, 3.05) is 0 Å².